The van der Waals surface area contributed by atoms with Crippen molar-refractivity contribution in [2.75, 3.05) is 31.6 Å². The lowest BCUT2D eigenvalue weighted by molar-refractivity contribution is 0.203. The normalized spacial score (nSPS) is 20.4. The van der Waals surface area contributed by atoms with E-state index >= 15 is 0 Å². The Balaban J connectivity index is 2.18. The maximum atomic E-state index is 12.7. The lowest BCUT2D eigenvalue weighted by atomic mass is 9.97. The number of anilines is 1. The summed E-state index contributed by atoms with van der Waals surface area (Å²) in [5, 5.41) is 12.1. The molecule has 1 aliphatic heterocycles. The van der Waals surface area contributed by atoms with Gasteiger partial charge in [-0.25, -0.2) is 13.4 Å². The zero-order chi connectivity index (χ0) is 15.3. The van der Waals surface area contributed by atoms with E-state index in [4.69, 9.17) is 5.11 Å². The van der Waals surface area contributed by atoms with Crippen LogP contribution in [0.2, 0.25) is 0 Å². The van der Waals surface area contributed by atoms with Gasteiger partial charge in [-0.2, -0.15) is 4.31 Å². The van der Waals surface area contributed by atoms with E-state index in [0.717, 1.165) is 12.8 Å². The second kappa shape index (κ2) is 7.20. The first kappa shape index (κ1) is 16.2. The molecule has 0 aromatic carbocycles. The minimum atomic E-state index is -3.48. The van der Waals surface area contributed by atoms with Crippen LogP contribution in [0, 0.1) is 5.92 Å². The monoisotopic (exact) mass is 313 g/mol. The summed E-state index contributed by atoms with van der Waals surface area (Å²) in [7, 11) is -3.48. The molecule has 0 spiro atoms. The largest absolute Gasteiger partial charge is 0.396 e. The van der Waals surface area contributed by atoms with Gasteiger partial charge in [0.15, 0.2) is 0 Å². The Morgan fingerprint density at radius 1 is 1.52 bits per heavy atom. The molecule has 7 heteroatoms. The van der Waals surface area contributed by atoms with Crippen LogP contribution in [0.15, 0.2) is 23.2 Å². The molecule has 0 aliphatic carbocycles. The van der Waals surface area contributed by atoms with E-state index < -0.39 is 10.0 Å². The number of sulfonamides is 1. The molecule has 0 amide bonds. The third-order valence-electron chi connectivity index (χ3n) is 3.75. The number of nitrogens with zero attached hydrogens (tertiary/aromatic N) is 2. The lowest BCUT2D eigenvalue weighted by Crippen LogP contribution is -2.40. The number of nitrogens with one attached hydrogen (secondary N) is 1. The van der Waals surface area contributed by atoms with Crippen LogP contribution in [0.3, 0.4) is 0 Å². The molecule has 2 rings (SSSR count). The zero-order valence-corrected chi connectivity index (χ0v) is 13.1. The summed E-state index contributed by atoms with van der Waals surface area (Å²) < 4.78 is 26.9. The lowest BCUT2D eigenvalue weighted by Gasteiger charge is -2.31. The van der Waals surface area contributed by atoms with E-state index in [0.29, 0.717) is 31.9 Å². The van der Waals surface area contributed by atoms with Gasteiger partial charge >= 0.3 is 0 Å². The van der Waals surface area contributed by atoms with Gasteiger partial charge in [0, 0.05) is 38.5 Å². The maximum absolute atomic E-state index is 12.7. The molecule has 1 saturated heterocycles. The first-order valence-corrected chi connectivity index (χ1v) is 8.83. The SMILES string of the molecule is CCNc1cc(S(=O)(=O)N2CCCC(CCO)C2)ccn1. The average molecular weight is 313 g/mol. The molecule has 0 bridgehead atoms. The molecule has 21 heavy (non-hydrogen) atoms. The van der Waals surface area contributed by atoms with E-state index in [1.807, 2.05) is 6.92 Å². The number of aromatic nitrogens is 1. The number of aliphatic hydroxyl groups excluding tert-OH is 1. The first-order valence-electron chi connectivity index (χ1n) is 7.39. The molecule has 0 radical (unpaired) electrons. The van der Waals surface area contributed by atoms with Gasteiger partial charge in [-0.1, -0.05) is 0 Å². The van der Waals surface area contributed by atoms with Gasteiger partial charge in [0.2, 0.25) is 10.0 Å². The van der Waals surface area contributed by atoms with Gasteiger partial charge in [-0.3, -0.25) is 0 Å². The number of hydrogen-bond donors (Lipinski definition) is 2. The van der Waals surface area contributed by atoms with Crippen LogP contribution in [-0.2, 0) is 10.0 Å². The topological polar surface area (TPSA) is 82.5 Å². The third kappa shape index (κ3) is 3.93. The standard InChI is InChI=1S/C14H23N3O3S/c1-2-15-14-10-13(5-7-16-14)21(19,20)17-8-3-4-12(11-17)6-9-18/h5,7,10,12,18H,2-4,6,8-9,11H2,1H3,(H,15,16). The van der Waals surface area contributed by atoms with Crippen molar-refractivity contribution in [3.63, 3.8) is 0 Å². The van der Waals surface area contributed by atoms with Crippen molar-refractivity contribution >= 4 is 15.8 Å². The van der Waals surface area contributed by atoms with Crippen LogP contribution in [0.1, 0.15) is 26.2 Å². The van der Waals surface area contributed by atoms with Crippen LogP contribution < -0.4 is 5.32 Å². The van der Waals surface area contributed by atoms with Crippen molar-refractivity contribution in [3.8, 4) is 0 Å². The predicted molar refractivity (Wildman–Crippen MR) is 81.6 cm³/mol. The Bertz CT molecular complexity index is 560. The highest BCUT2D eigenvalue weighted by Crippen LogP contribution is 2.25. The Labute approximate surface area is 126 Å². The fourth-order valence-corrected chi connectivity index (χ4v) is 4.23. The number of rotatable bonds is 6. The molecule has 2 N–H and O–H groups in total. The Morgan fingerprint density at radius 2 is 2.33 bits per heavy atom. The fourth-order valence-electron chi connectivity index (χ4n) is 2.66. The van der Waals surface area contributed by atoms with Crippen molar-refractivity contribution in [3.05, 3.63) is 18.3 Å². The Hall–Kier alpha value is -1.18. The molecule has 1 aromatic heterocycles. The van der Waals surface area contributed by atoms with Gasteiger partial charge in [0.05, 0.1) is 4.90 Å². The molecule has 0 saturated carbocycles. The average Bonchev–Trinajstić information content (AvgIpc) is 2.48. The summed E-state index contributed by atoms with van der Waals surface area (Å²) in [6.45, 7) is 3.77. The summed E-state index contributed by atoms with van der Waals surface area (Å²) in [5.41, 5.74) is 0. The minimum Gasteiger partial charge on any atom is -0.396 e. The Kier molecular flexibility index (Phi) is 5.55. The number of pyridine rings is 1. The molecule has 1 aromatic rings. The van der Waals surface area contributed by atoms with Crippen LogP contribution in [0.25, 0.3) is 0 Å². The summed E-state index contributed by atoms with van der Waals surface area (Å²) in [5.74, 6) is 0.816. The van der Waals surface area contributed by atoms with Crippen molar-refractivity contribution in [1.29, 1.82) is 0 Å². The summed E-state index contributed by atoms with van der Waals surface area (Å²) in [6, 6.07) is 3.11. The van der Waals surface area contributed by atoms with Crippen molar-refractivity contribution in [1.82, 2.24) is 9.29 Å². The first-order chi connectivity index (χ1) is 10.1. The van der Waals surface area contributed by atoms with Gasteiger partial charge < -0.3 is 10.4 Å². The van der Waals surface area contributed by atoms with Crippen LogP contribution in [-0.4, -0.2) is 49.1 Å². The van der Waals surface area contributed by atoms with E-state index in [1.54, 1.807) is 6.07 Å². The van der Waals surface area contributed by atoms with Crippen LogP contribution in [0.5, 0.6) is 0 Å². The highest BCUT2D eigenvalue weighted by atomic mass is 32.2. The minimum absolute atomic E-state index is 0.110. The number of aliphatic hydroxyl groups is 1. The van der Waals surface area contributed by atoms with Gasteiger partial charge in [0.25, 0.3) is 0 Å². The fraction of sp³-hybridized carbons (Fsp3) is 0.643. The third-order valence-corrected chi connectivity index (χ3v) is 5.61. The molecule has 1 fully saturated rings. The maximum Gasteiger partial charge on any atom is 0.243 e. The van der Waals surface area contributed by atoms with Gasteiger partial charge in [-0.05, 0) is 38.2 Å². The van der Waals surface area contributed by atoms with Crippen molar-refractivity contribution in [2.45, 2.75) is 31.1 Å². The summed E-state index contributed by atoms with van der Waals surface area (Å²) in [6.07, 6.45) is 3.99. The van der Waals surface area contributed by atoms with E-state index in [2.05, 4.69) is 10.3 Å². The van der Waals surface area contributed by atoms with E-state index in [-0.39, 0.29) is 17.4 Å². The van der Waals surface area contributed by atoms with Crippen LogP contribution in [0.4, 0.5) is 5.82 Å². The highest BCUT2D eigenvalue weighted by molar-refractivity contribution is 7.89. The van der Waals surface area contributed by atoms with Gasteiger partial charge in [-0.15, -0.1) is 0 Å². The summed E-state index contributed by atoms with van der Waals surface area (Å²) >= 11 is 0. The van der Waals surface area contributed by atoms with Crippen molar-refractivity contribution in [2.24, 2.45) is 5.92 Å². The zero-order valence-electron chi connectivity index (χ0n) is 12.3. The molecule has 1 atom stereocenters. The van der Waals surface area contributed by atoms with Gasteiger partial charge in [0.1, 0.15) is 5.82 Å². The molecule has 6 nitrogen and oxygen atoms in total. The Morgan fingerprint density at radius 3 is 3.05 bits per heavy atom. The number of hydrogen-bond acceptors (Lipinski definition) is 5. The summed E-state index contributed by atoms with van der Waals surface area (Å²) in [4.78, 5) is 4.38. The molecular formula is C14H23N3O3S. The quantitative estimate of drug-likeness (QED) is 0.827. The van der Waals surface area contributed by atoms with Crippen molar-refractivity contribution < 1.29 is 13.5 Å². The molecule has 2 heterocycles. The molecule has 118 valence electrons. The molecular weight excluding hydrogens is 290 g/mol. The van der Waals surface area contributed by atoms with Crippen LogP contribution >= 0.6 is 0 Å². The smallest absolute Gasteiger partial charge is 0.243 e. The van der Waals surface area contributed by atoms with E-state index in [9.17, 15) is 8.42 Å². The predicted octanol–water partition coefficient (Wildman–Crippen LogP) is 1.30. The number of piperidine rings is 1. The molecule has 1 unspecified atom stereocenters. The molecule has 1 aliphatic rings. The second-order valence-electron chi connectivity index (χ2n) is 5.29. The second-order valence-corrected chi connectivity index (χ2v) is 7.23. The van der Waals surface area contributed by atoms with E-state index in [1.165, 1.54) is 16.6 Å². The highest BCUT2D eigenvalue weighted by Gasteiger charge is 2.30.